The molecule has 3 aromatic rings. The van der Waals surface area contributed by atoms with Gasteiger partial charge < -0.3 is 5.32 Å². The van der Waals surface area contributed by atoms with Crippen LogP contribution in [0.1, 0.15) is 74.3 Å². The number of nitrogens with one attached hydrogen (secondary N) is 1. The Morgan fingerprint density at radius 1 is 1.03 bits per heavy atom. The highest BCUT2D eigenvalue weighted by Crippen LogP contribution is 2.31. The number of alkyl halides is 3. The number of rotatable bonds is 6. The van der Waals surface area contributed by atoms with E-state index in [1.54, 1.807) is 18.5 Å². The van der Waals surface area contributed by atoms with Crippen LogP contribution in [0.3, 0.4) is 0 Å². The fraction of sp³-hybridized carbons (Fsp3) is 0.406. The lowest BCUT2D eigenvalue weighted by atomic mass is 9.93. The van der Waals surface area contributed by atoms with E-state index < -0.39 is 11.7 Å². The van der Waals surface area contributed by atoms with Gasteiger partial charge in [0.1, 0.15) is 0 Å². The second-order valence-electron chi connectivity index (χ2n) is 10.1. The Balaban J connectivity index is 0.000000208. The van der Waals surface area contributed by atoms with Gasteiger partial charge in [0.05, 0.1) is 5.56 Å². The molecule has 1 aliphatic rings. The van der Waals surface area contributed by atoms with Gasteiger partial charge in [-0.25, -0.2) is 0 Å². The van der Waals surface area contributed by atoms with Crippen molar-refractivity contribution in [2.75, 3.05) is 5.32 Å². The zero-order chi connectivity index (χ0) is 28.1. The van der Waals surface area contributed by atoms with Crippen LogP contribution >= 0.6 is 15.9 Å². The number of hydrogen-bond acceptors (Lipinski definition) is 2. The van der Waals surface area contributed by atoms with E-state index >= 15 is 0 Å². The van der Waals surface area contributed by atoms with Crippen LogP contribution in [0.25, 0.3) is 0 Å². The lowest BCUT2D eigenvalue weighted by Gasteiger charge is -2.16. The first-order valence-corrected chi connectivity index (χ1v) is 14.0. The second-order valence-corrected chi connectivity index (χ2v) is 11.0. The molecule has 0 radical (unpaired) electrons. The Morgan fingerprint density at radius 2 is 1.76 bits per heavy atom. The average Bonchev–Trinajstić information content (AvgIpc) is 2.83. The summed E-state index contributed by atoms with van der Waals surface area (Å²) in [5.74, 6) is 0.806. The molecule has 0 spiro atoms. The molecule has 0 amide bonds. The van der Waals surface area contributed by atoms with Crippen LogP contribution in [0.2, 0.25) is 0 Å². The van der Waals surface area contributed by atoms with Gasteiger partial charge in [0.2, 0.25) is 0 Å². The third-order valence-corrected chi connectivity index (χ3v) is 6.72. The summed E-state index contributed by atoms with van der Waals surface area (Å²) in [5.41, 5.74) is 6.71. The quantitative estimate of drug-likeness (QED) is 0.309. The van der Waals surface area contributed by atoms with Crippen molar-refractivity contribution in [1.29, 1.82) is 0 Å². The third-order valence-electron chi connectivity index (χ3n) is 6.29. The van der Waals surface area contributed by atoms with Gasteiger partial charge in [-0.1, -0.05) is 56.2 Å². The summed E-state index contributed by atoms with van der Waals surface area (Å²) in [7, 11) is 0. The van der Waals surface area contributed by atoms with Crippen LogP contribution < -0.4 is 5.32 Å². The maximum Gasteiger partial charge on any atom is 0.416 e. The molecular formula is C32H40BrF3N2. The molecule has 4 rings (SSSR count). The van der Waals surface area contributed by atoms with E-state index in [2.05, 4.69) is 85.1 Å². The molecule has 0 saturated heterocycles. The van der Waals surface area contributed by atoms with E-state index in [1.807, 2.05) is 6.20 Å². The maximum absolute atomic E-state index is 12.4. The molecule has 1 aromatic heterocycles. The third kappa shape index (κ3) is 11.8. The van der Waals surface area contributed by atoms with Crippen LogP contribution in [0.15, 0.2) is 77.2 Å². The molecular weight excluding hydrogens is 549 g/mol. The monoisotopic (exact) mass is 588 g/mol. The largest absolute Gasteiger partial charge is 0.416 e. The van der Waals surface area contributed by atoms with E-state index in [9.17, 15) is 13.2 Å². The lowest BCUT2D eigenvalue weighted by molar-refractivity contribution is -0.137. The van der Waals surface area contributed by atoms with E-state index in [0.29, 0.717) is 5.69 Å². The van der Waals surface area contributed by atoms with Gasteiger partial charge in [-0.2, -0.15) is 13.2 Å². The molecule has 0 bridgehead atoms. The normalized spacial score (nSPS) is 12.5. The van der Waals surface area contributed by atoms with Crippen molar-refractivity contribution in [2.24, 2.45) is 5.92 Å². The standard InChI is InChI=1S/C13H20.C12H12F3N.C7H8BrN/c1-10(2)5-7-13-8-6-11(3)9-12(13)4;13-12(14,15)10-5-2-6-11(7-10)16-8-9-3-1-4-9;1-2-6-3-7(8)5-9-4-6/h6,8-10H,5,7H2,1-4H3;2,5-8,16H,1,3-4H2;3-5H,2H2,1H3. The number of halogens is 4. The number of allylic oxidation sites excluding steroid dienone is 1. The summed E-state index contributed by atoms with van der Waals surface area (Å²) in [6.07, 6.45) is 8.04. The first-order valence-electron chi connectivity index (χ1n) is 13.2. The van der Waals surface area contributed by atoms with Crippen molar-refractivity contribution < 1.29 is 13.2 Å². The van der Waals surface area contributed by atoms with Crippen molar-refractivity contribution in [2.45, 2.75) is 79.3 Å². The summed E-state index contributed by atoms with van der Waals surface area (Å²) in [4.78, 5) is 4.01. The van der Waals surface area contributed by atoms with Crippen molar-refractivity contribution in [3.8, 4) is 0 Å². The van der Waals surface area contributed by atoms with Crippen LogP contribution in [-0.4, -0.2) is 4.98 Å². The number of nitrogens with zero attached hydrogens (tertiary/aromatic N) is 1. The predicted octanol–water partition coefficient (Wildman–Crippen LogP) is 10.5. The van der Waals surface area contributed by atoms with Gasteiger partial charge in [0, 0.05) is 28.8 Å². The van der Waals surface area contributed by atoms with E-state index in [0.717, 1.165) is 41.8 Å². The number of pyridine rings is 1. The molecule has 206 valence electrons. The minimum Gasteiger partial charge on any atom is -0.362 e. The van der Waals surface area contributed by atoms with Gasteiger partial charge in [-0.05, 0) is 115 Å². The zero-order valence-electron chi connectivity index (χ0n) is 23.1. The molecule has 1 N–H and O–H groups in total. The summed E-state index contributed by atoms with van der Waals surface area (Å²) < 4.78 is 38.3. The molecule has 0 atom stereocenters. The van der Waals surface area contributed by atoms with Gasteiger partial charge in [0.15, 0.2) is 0 Å². The molecule has 1 aliphatic carbocycles. The van der Waals surface area contributed by atoms with Gasteiger partial charge >= 0.3 is 6.18 Å². The minimum atomic E-state index is -4.28. The highest BCUT2D eigenvalue weighted by Gasteiger charge is 2.30. The minimum absolute atomic E-state index is 0.481. The van der Waals surface area contributed by atoms with Gasteiger partial charge in [0.25, 0.3) is 0 Å². The summed E-state index contributed by atoms with van der Waals surface area (Å²) >= 11 is 3.34. The molecule has 2 nitrogen and oxygen atoms in total. The average molecular weight is 590 g/mol. The molecule has 2 aromatic carbocycles. The second kappa shape index (κ2) is 15.7. The summed E-state index contributed by atoms with van der Waals surface area (Å²) in [6.45, 7) is 11.0. The van der Waals surface area contributed by atoms with Gasteiger partial charge in [-0.15, -0.1) is 0 Å². The molecule has 1 fully saturated rings. The number of anilines is 1. The molecule has 1 heterocycles. The summed E-state index contributed by atoms with van der Waals surface area (Å²) in [6, 6.07) is 14.1. The Morgan fingerprint density at radius 3 is 2.29 bits per heavy atom. The van der Waals surface area contributed by atoms with E-state index in [1.165, 1.54) is 53.2 Å². The summed E-state index contributed by atoms with van der Waals surface area (Å²) in [5, 5.41) is 2.90. The number of aromatic nitrogens is 1. The number of benzene rings is 2. The first-order chi connectivity index (χ1) is 18.0. The molecule has 0 aliphatic heterocycles. The van der Waals surface area contributed by atoms with Crippen molar-refractivity contribution >= 4 is 21.6 Å². The smallest absolute Gasteiger partial charge is 0.362 e. The van der Waals surface area contributed by atoms with Gasteiger partial charge in [-0.3, -0.25) is 4.98 Å². The van der Waals surface area contributed by atoms with Crippen molar-refractivity contribution in [3.63, 3.8) is 0 Å². The fourth-order valence-electron chi connectivity index (χ4n) is 3.72. The van der Waals surface area contributed by atoms with Crippen LogP contribution in [0, 0.1) is 19.8 Å². The SMILES string of the molecule is CCc1cncc(Br)c1.Cc1ccc(CCC(C)C)c(C)c1.FC(F)(F)c1cccc(NC=C2CCC2)c1. The van der Waals surface area contributed by atoms with E-state index in [-0.39, 0.29) is 0 Å². The lowest BCUT2D eigenvalue weighted by Crippen LogP contribution is -2.05. The van der Waals surface area contributed by atoms with Crippen molar-refractivity contribution in [3.05, 3.63) is 105 Å². The Kier molecular flexibility index (Phi) is 13.1. The zero-order valence-corrected chi connectivity index (χ0v) is 24.7. The van der Waals surface area contributed by atoms with Crippen molar-refractivity contribution in [1.82, 2.24) is 4.98 Å². The van der Waals surface area contributed by atoms with E-state index in [4.69, 9.17) is 0 Å². The first kappa shape index (κ1) is 31.6. The number of aryl methyl sites for hydroxylation is 4. The molecule has 38 heavy (non-hydrogen) atoms. The maximum atomic E-state index is 12.4. The Hall–Kier alpha value is -2.60. The van der Waals surface area contributed by atoms with Crippen LogP contribution in [0.5, 0.6) is 0 Å². The topological polar surface area (TPSA) is 24.9 Å². The Labute approximate surface area is 234 Å². The molecule has 6 heteroatoms. The highest BCUT2D eigenvalue weighted by atomic mass is 79.9. The van der Waals surface area contributed by atoms with Crippen LogP contribution in [-0.2, 0) is 19.0 Å². The Bertz CT molecular complexity index is 1160. The number of hydrogen-bond donors (Lipinski definition) is 1. The van der Waals surface area contributed by atoms with Crippen LogP contribution in [0.4, 0.5) is 18.9 Å². The predicted molar refractivity (Wildman–Crippen MR) is 157 cm³/mol. The molecule has 1 saturated carbocycles. The molecule has 0 unspecified atom stereocenters. The highest BCUT2D eigenvalue weighted by molar-refractivity contribution is 9.10. The fourth-order valence-corrected chi connectivity index (χ4v) is 4.13.